The maximum atomic E-state index is 2.43. The van der Waals surface area contributed by atoms with Crippen molar-refractivity contribution in [3.05, 3.63) is 452 Å². The van der Waals surface area contributed by atoms with E-state index in [1.165, 1.54) is 247 Å². The number of aromatic nitrogens is 3. The van der Waals surface area contributed by atoms with Crippen molar-refractivity contribution in [2.45, 2.75) is 80.1 Å². The van der Waals surface area contributed by atoms with Gasteiger partial charge in [0, 0.05) is 49.4 Å². The van der Waals surface area contributed by atoms with Crippen LogP contribution in [-0.4, -0.2) is 13.7 Å². The van der Waals surface area contributed by atoms with Gasteiger partial charge in [0.1, 0.15) is 0 Å². The van der Waals surface area contributed by atoms with Gasteiger partial charge in [-0.3, -0.25) is 0 Å². The van der Waals surface area contributed by atoms with Crippen LogP contribution in [0, 0.1) is 27.7 Å². The van der Waals surface area contributed by atoms with Gasteiger partial charge >= 0.3 is 0 Å². The molecule has 0 aliphatic carbocycles. The van der Waals surface area contributed by atoms with E-state index in [-0.39, 0.29) is 10.8 Å². The number of hydrogen-bond acceptors (Lipinski definition) is 0. The van der Waals surface area contributed by atoms with Crippen molar-refractivity contribution in [1.82, 2.24) is 13.7 Å². The molecule has 129 heavy (non-hydrogen) atoms. The van der Waals surface area contributed by atoms with Gasteiger partial charge < -0.3 is 13.7 Å². The lowest BCUT2D eigenvalue weighted by Gasteiger charge is -2.23. The van der Waals surface area contributed by atoms with E-state index in [0.29, 0.717) is 0 Å². The number of hydrogen-bond donors (Lipinski definition) is 0. The van der Waals surface area contributed by atoms with Crippen LogP contribution in [0.25, 0.3) is 214 Å². The summed E-state index contributed by atoms with van der Waals surface area (Å²) in [4.78, 5) is 0. The molecule has 0 saturated heterocycles. The third-order valence-corrected chi connectivity index (χ3v) is 27.3. The molecule has 0 unspecified atom stereocenters. The van der Waals surface area contributed by atoms with Gasteiger partial charge in [0.05, 0.1) is 33.1 Å². The summed E-state index contributed by atoms with van der Waals surface area (Å²) in [6.07, 6.45) is 0. The quantitative estimate of drug-likeness (QED) is 0.128. The molecule has 0 bridgehead atoms. The van der Waals surface area contributed by atoms with Crippen LogP contribution < -0.4 is 0 Å². The van der Waals surface area contributed by atoms with E-state index in [2.05, 4.69) is 502 Å². The Morgan fingerprint density at radius 3 is 0.543 bits per heavy atom. The molecule has 0 aliphatic rings. The fourth-order valence-electron chi connectivity index (χ4n) is 20.7. The molecule has 21 aromatic carbocycles. The molecule has 24 rings (SSSR count). The van der Waals surface area contributed by atoms with Gasteiger partial charge in [0.25, 0.3) is 0 Å². The number of aryl methyl sites for hydroxylation is 4. The molecule has 0 spiro atoms. The fourth-order valence-corrected chi connectivity index (χ4v) is 20.7. The molecule has 0 radical (unpaired) electrons. The fraction of sp³-hybridized carbons (Fsp3) is 0.0952. The first kappa shape index (κ1) is 79.5. The van der Waals surface area contributed by atoms with Crippen LogP contribution in [0.2, 0.25) is 0 Å². The molecule has 3 nitrogen and oxygen atoms in total. The number of fused-ring (bicyclic) bond motifs is 15. The smallest absolute Gasteiger partial charge is 0.0541 e. The van der Waals surface area contributed by atoms with Crippen LogP contribution >= 0.6 is 0 Å². The first-order valence-corrected chi connectivity index (χ1v) is 45.4. The lowest BCUT2D eigenvalue weighted by molar-refractivity contribution is 0.591. The Kier molecular flexibility index (Phi) is 19.7. The second-order valence-electron chi connectivity index (χ2n) is 37.2. The third-order valence-electron chi connectivity index (χ3n) is 27.3. The molecule has 0 atom stereocenters. The molecule has 0 saturated carbocycles. The number of para-hydroxylation sites is 6. The highest BCUT2D eigenvalue weighted by atomic mass is 15.0. The number of rotatable bonds is 9. The molecule has 0 amide bonds. The SMILES string of the molecule is CC(C)(C)c1ccc2c(-c3ccc(-n4c5ccccc5c5ccccc54)cc3)c3ccccc3c(-c3ccccc3)c2c1.CC(C)(C)c1ccc2c(-c3ccccc3)c3ccccc3c(-c3ccc(-n4c5ccccc5c5ccccc54)cc3)c2c1.Cc1cc2c(-c3ccccc3)c3cc(C)c(C)cc3c(-c3ccc(-n4c5ccccc5c5ccccc54)cc3)c2cc1C. The highest BCUT2D eigenvalue weighted by molar-refractivity contribution is 6.25. The molecule has 24 aromatic rings. The second kappa shape index (κ2) is 31.9. The van der Waals surface area contributed by atoms with Gasteiger partial charge in [-0.25, -0.2) is 0 Å². The predicted octanol–water partition coefficient (Wildman–Crippen LogP) is 35.1. The molecular weight excluding hydrogens is 1560 g/mol. The summed E-state index contributed by atoms with van der Waals surface area (Å²) in [5.41, 5.74) is 34.3. The van der Waals surface area contributed by atoms with Gasteiger partial charge in [-0.1, -0.05) is 375 Å². The average Bonchev–Trinajstić information content (AvgIpc) is 1.73. The van der Waals surface area contributed by atoms with E-state index in [1.807, 2.05) is 0 Å². The maximum absolute atomic E-state index is 2.43. The van der Waals surface area contributed by atoms with E-state index in [1.54, 1.807) is 0 Å². The van der Waals surface area contributed by atoms with Crippen molar-refractivity contribution in [2.24, 2.45) is 0 Å². The van der Waals surface area contributed by atoms with Crippen molar-refractivity contribution in [1.29, 1.82) is 0 Å². The van der Waals surface area contributed by atoms with Crippen molar-refractivity contribution >= 4 is 130 Å². The molecule has 0 fully saturated rings. The van der Waals surface area contributed by atoms with Gasteiger partial charge in [0.2, 0.25) is 0 Å². The first-order valence-electron chi connectivity index (χ1n) is 45.4. The Hall–Kier alpha value is -15.4. The molecule has 3 aromatic heterocycles. The van der Waals surface area contributed by atoms with E-state index in [0.717, 1.165) is 0 Å². The average molecular weight is 1660 g/mol. The van der Waals surface area contributed by atoms with Crippen molar-refractivity contribution in [3.8, 4) is 83.8 Å². The molecule has 3 heteroatoms. The highest BCUT2D eigenvalue weighted by Crippen LogP contribution is 2.51. The van der Waals surface area contributed by atoms with Crippen LogP contribution in [0.3, 0.4) is 0 Å². The van der Waals surface area contributed by atoms with E-state index >= 15 is 0 Å². The summed E-state index contributed by atoms with van der Waals surface area (Å²) in [5, 5.41) is 23.3. The standard InChI is InChI=1S/3C42H33N/c1-26-22-35-37(24-28(26)3)42(38-25-29(4)27(2)23-36(38)41(35)30-12-6-5-7-13-30)31-18-20-32(21-19-31)43-39-16-10-8-14-33(39)34-15-9-11-17-40(34)43;1-42(2,3)30-23-26-36-37(27-30)41(28-13-5-4-6-14-28)35-18-8-7-17-34(35)40(36)29-21-24-31(25-22-29)43-38-19-11-9-15-32(38)33-16-10-12-20-39(33)43;1-42(2,3)30-23-26-36-37(27-30)41(35-18-8-7-17-34(35)40(36)28-13-5-4-6-14-28)29-21-24-31(25-22-29)43-38-19-11-9-15-32(38)33-16-10-12-20-39(33)43/h5-25H,1-4H3;2*4-27H,1-3H3. The predicted molar refractivity (Wildman–Crippen MR) is 556 cm³/mol. The van der Waals surface area contributed by atoms with Crippen LogP contribution in [0.5, 0.6) is 0 Å². The highest BCUT2D eigenvalue weighted by Gasteiger charge is 2.26. The Labute approximate surface area is 754 Å². The van der Waals surface area contributed by atoms with Crippen molar-refractivity contribution in [3.63, 3.8) is 0 Å². The summed E-state index contributed by atoms with van der Waals surface area (Å²) in [7, 11) is 0. The largest absolute Gasteiger partial charge is 0.309 e. The Bertz CT molecular complexity index is 8310. The minimum absolute atomic E-state index is 0.0460. The zero-order chi connectivity index (χ0) is 87.5. The number of nitrogens with zero attached hydrogens (tertiary/aromatic N) is 3. The first-order chi connectivity index (χ1) is 63.0. The van der Waals surface area contributed by atoms with Gasteiger partial charge in [0.15, 0.2) is 0 Å². The Morgan fingerprint density at radius 2 is 0.318 bits per heavy atom. The van der Waals surface area contributed by atoms with Crippen LogP contribution in [0.1, 0.15) is 74.9 Å². The van der Waals surface area contributed by atoms with Gasteiger partial charge in [-0.15, -0.1) is 0 Å². The summed E-state index contributed by atoms with van der Waals surface area (Å²) in [6.45, 7) is 22.7. The molecule has 0 N–H and O–H groups in total. The topological polar surface area (TPSA) is 14.8 Å². The normalized spacial score (nSPS) is 12.0. The van der Waals surface area contributed by atoms with Crippen molar-refractivity contribution < 1.29 is 0 Å². The van der Waals surface area contributed by atoms with Crippen LogP contribution in [0.15, 0.2) is 419 Å². The van der Waals surface area contributed by atoms with Gasteiger partial charge in [-0.2, -0.15) is 0 Å². The van der Waals surface area contributed by atoms with Gasteiger partial charge in [-0.05, 0) is 288 Å². The minimum Gasteiger partial charge on any atom is -0.309 e. The van der Waals surface area contributed by atoms with E-state index in [4.69, 9.17) is 0 Å². The summed E-state index contributed by atoms with van der Waals surface area (Å²) < 4.78 is 7.17. The molecule has 0 aliphatic heterocycles. The zero-order valence-corrected chi connectivity index (χ0v) is 74.7. The lowest BCUT2D eigenvalue weighted by atomic mass is 9.81. The minimum atomic E-state index is 0.0460. The molecular formula is C126H99N3. The second-order valence-corrected chi connectivity index (χ2v) is 37.2. The summed E-state index contributed by atoms with van der Waals surface area (Å²) in [6, 6.07) is 154. The Balaban J connectivity index is 0.000000114. The van der Waals surface area contributed by atoms with Crippen molar-refractivity contribution in [2.75, 3.05) is 0 Å². The van der Waals surface area contributed by atoms with Crippen LogP contribution in [-0.2, 0) is 10.8 Å². The summed E-state index contributed by atoms with van der Waals surface area (Å²) >= 11 is 0. The van der Waals surface area contributed by atoms with E-state index < -0.39 is 0 Å². The maximum Gasteiger partial charge on any atom is 0.0541 e. The zero-order valence-electron chi connectivity index (χ0n) is 74.7. The third kappa shape index (κ3) is 13.7. The lowest BCUT2D eigenvalue weighted by Crippen LogP contribution is -2.10. The monoisotopic (exact) mass is 1650 g/mol. The van der Waals surface area contributed by atoms with Crippen LogP contribution in [0.4, 0.5) is 0 Å². The molecule has 618 valence electrons. The van der Waals surface area contributed by atoms with E-state index in [9.17, 15) is 0 Å². The summed E-state index contributed by atoms with van der Waals surface area (Å²) in [5.74, 6) is 0. The molecule has 3 heterocycles. The number of benzene rings is 21. The Morgan fingerprint density at radius 1 is 0.147 bits per heavy atom.